The third-order valence-electron chi connectivity index (χ3n) is 7.19. The summed E-state index contributed by atoms with van der Waals surface area (Å²) >= 11 is 0. The first-order chi connectivity index (χ1) is 17.2. The van der Waals surface area contributed by atoms with Crippen molar-refractivity contribution in [2.24, 2.45) is 0 Å². The van der Waals surface area contributed by atoms with E-state index in [9.17, 15) is 4.79 Å². The lowest BCUT2D eigenvalue weighted by Gasteiger charge is -2.35. The van der Waals surface area contributed by atoms with Gasteiger partial charge in [0.25, 0.3) is 0 Å². The Morgan fingerprint density at radius 2 is 1.97 bits per heavy atom. The van der Waals surface area contributed by atoms with E-state index in [4.69, 9.17) is 4.74 Å². The number of carbonyl (C=O) groups excluding carboxylic acids is 1. The number of hydrogen-bond acceptors (Lipinski definition) is 7. The zero-order chi connectivity index (χ0) is 23.8. The van der Waals surface area contributed by atoms with Crippen LogP contribution in [0.1, 0.15) is 19.8 Å². The molecule has 1 N–H and O–H groups in total. The number of imidazole rings is 1. The fourth-order valence-electron chi connectivity index (χ4n) is 5.27. The molecule has 1 unspecified atom stereocenters. The van der Waals surface area contributed by atoms with Gasteiger partial charge in [0.15, 0.2) is 11.5 Å². The van der Waals surface area contributed by atoms with Crippen LogP contribution in [0.15, 0.2) is 49.1 Å². The van der Waals surface area contributed by atoms with Crippen molar-refractivity contribution in [3.63, 3.8) is 0 Å². The lowest BCUT2D eigenvalue weighted by atomic mass is 10.1. The monoisotopic (exact) mass is 471 g/mol. The summed E-state index contributed by atoms with van der Waals surface area (Å²) in [6, 6.07) is 13.0. The molecule has 0 radical (unpaired) electrons. The van der Waals surface area contributed by atoms with Crippen LogP contribution in [0.25, 0.3) is 21.9 Å². The van der Waals surface area contributed by atoms with Gasteiger partial charge >= 0.3 is 0 Å². The Bertz CT molecular complexity index is 1360. The molecule has 2 saturated heterocycles. The number of rotatable bonds is 5. The van der Waals surface area contributed by atoms with Gasteiger partial charge in [0, 0.05) is 50.7 Å². The smallest absolute Gasteiger partial charge is 0.219 e. The van der Waals surface area contributed by atoms with Crippen molar-refractivity contribution >= 4 is 39.3 Å². The number of fused-ring (bicyclic) bond motifs is 2. The van der Waals surface area contributed by atoms with Gasteiger partial charge in [0.1, 0.15) is 24.2 Å². The molecule has 2 aromatic carbocycles. The maximum absolute atomic E-state index is 11.7. The summed E-state index contributed by atoms with van der Waals surface area (Å²) in [5.74, 6) is 1.91. The van der Waals surface area contributed by atoms with E-state index in [1.54, 1.807) is 19.6 Å². The summed E-state index contributed by atoms with van der Waals surface area (Å²) in [5.41, 5.74) is 2.73. The first kappa shape index (κ1) is 21.6. The summed E-state index contributed by atoms with van der Waals surface area (Å²) in [4.78, 5) is 34.6. The molecule has 2 fully saturated rings. The predicted molar refractivity (Wildman–Crippen MR) is 136 cm³/mol. The standard InChI is InChI=1S/C26H29N7O2/c1-18(34)31-10-12-32(13-11-31)20-8-7-19-4-2-6-23(22(19)14-20)35-15-21-5-3-9-33(21)26-24-25(28-16-27-24)29-17-30-26/h2,4,6-8,14,16-17,21H,3,5,9-13,15H2,1H3,(H,27,28,29,30). The number of amides is 1. The minimum Gasteiger partial charge on any atom is -0.491 e. The molecule has 9 nitrogen and oxygen atoms in total. The highest BCUT2D eigenvalue weighted by molar-refractivity contribution is 5.91. The van der Waals surface area contributed by atoms with Crippen LogP contribution < -0.4 is 14.5 Å². The topological polar surface area (TPSA) is 90.5 Å². The average Bonchev–Trinajstić information content (AvgIpc) is 3.56. The Morgan fingerprint density at radius 1 is 1.09 bits per heavy atom. The maximum atomic E-state index is 11.7. The molecule has 2 aromatic heterocycles. The summed E-state index contributed by atoms with van der Waals surface area (Å²) in [6.07, 6.45) is 5.40. The number of anilines is 2. The summed E-state index contributed by atoms with van der Waals surface area (Å²) < 4.78 is 6.45. The Balaban J connectivity index is 1.21. The lowest BCUT2D eigenvalue weighted by Crippen LogP contribution is -2.48. The molecular weight excluding hydrogens is 442 g/mol. The van der Waals surface area contributed by atoms with Crippen molar-refractivity contribution < 1.29 is 9.53 Å². The average molecular weight is 472 g/mol. The fraction of sp³-hybridized carbons (Fsp3) is 0.385. The molecule has 2 aliphatic rings. The van der Waals surface area contributed by atoms with Gasteiger partial charge in [-0.15, -0.1) is 0 Å². The van der Waals surface area contributed by atoms with Crippen LogP contribution in [-0.4, -0.2) is 76.1 Å². The molecule has 4 aromatic rings. The van der Waals surface area contributed by atoms with Crippen molar-refractivity contribution in [2.45, 2.75) is 25.8 Å². The van der Waals surface area contributed by atoms with E-state index in [-0.39, 0.29) is 11.9 Å². The number of carbonyl (C=O) groups is 1. The summed E-state index contributed by atoms with van der Waals surface area (Å²) in [7, 11) is 0. The predicted octanol–water partition coefficient (Wildman–Crippen LogP) is 3.22. The molecule has 0 spiro atoms. The number of hydrogen-bond donors (Lipinski definition) is 1. The van der Waals surface area contributed by atoms with Crippen molar-refractivity contribution in [2.75, 3.05) is 49.1 Å². The van der Waals surface area contributed by atoms with E-state index in [1.807, 2.05) is 11.0 Å². The normalized spacial score (nSPS) is 18.5. The first-order valence-corrected chi connectivity index (χ1v) is 12.2. The van der Waals surface area contributed by atoms with Crippen LogP contribution in [0.5, 0.6) is 5.75 Å². The van der Waals surface area contributed by atoms with Gasteiger partial charge in [-0.1, -0.05) is 18.2 Å². The molecule has 9 heteroatoms. The molecule has 1 atom stereocenters. The number of aromatic nitrogens is 4. The van der Waals surface area contributed by atoms with Crippen LogP contribution >= 0.6 is 0 Å². The van der Waals surface area contributed by atoms with Gasteiger partial charge in [0.05, 0.1) is 12.4 Å². The van der Waals surface area contributed by atoms with E-state index in [0.717, 1.165) is 79.1 Å². The third kappa shape index (κ3) is 4.11. The van der Waals surface area contributed by atoms with Gasteiger partial charge in [-0.25, -0.2) is 15.0 Å². The van der Waals surface area contributed by atoms with Gasteiger partial charge < -0.3 is 24.4 Å². The second-order valence-corrected chi connectivity index (χ2v) is 9.25. The van der Waals surface area contributed by atoms with Gasteiger partial charge in [0.2, 0.25) is 5.91 Å². The third-order valence-corrected chi connectivity index (χ3v) is 7.19. The molecule has 35 heavy (non-hydrogen) atoms. The molecule has 4 heterocycles. The van der Waals surface area contributed by atoms with Crippen LogP contribution in [0.3, 0.4) is 0 Å². The molecule has 1 amide bonds. The number of benzene rings is 2. The van der Waals surface area contributed by atoms with Crippen LogP contribution in [0.2, 0.25) is 0 Å². The quantitative estimate of drug-likeness (QED) is 0.478. The number of piperazine rings is 1. The number of nitrogens with one attached hydrogen (secondary N) is 1. The second kappa shape index (κ2) is 9.05. The van der Waals surface area contributed by atoms with E-state index in [0.29, 0.717) is 6.61 Å². The van der Waals surface area contributed by atoms with E-state index in [2.05, 4.69) is 60.1 Å². The van der Waals surface area contributed by atoms with E-state index >= 15 is 0 Å². The maximum Gasteiger partial charge on any atom is 0.219 e. The molecule has 0 aliphatic carbocycles. The Morgan fingerprint density at radius 3 is 2.83 bits per heavy atom. The van der Waals surface area contributed by atoms with Gasteiger partial charge in [-0.2, -0.15) is 0 Å². The van der Waals surface area contributed by atoms with Crippen LogP contribution in [-0.2, 0) is 4.79 Å². The van der Waals surface area contributed by atoms with Crippen molar-refractivity contribution in [3.05, 3.63) is 49.1 Å². The van der Waals surface area contributed by atoms with E-state index in [1.165, 1.54) is 5.69 Å². The second-order valence-electron chi connectivity index (χ2n) is 9.25. The Labute approximate surface area is 203 Å². The number of H-pyrrole nitrogens is 1. The largest absolute Gasteiger partial charge is 0.491 e. The highest BCUT2D eigenvalue weighted by Crippen LogP contribution is 2.32. The zero-order valence-electron chi connectivity index (χ0n) is 19.9. The SMILES string of the molecule is CC(=O)N1CCN(c2ccc3cccc(OCC4CCCN4c4ncnc5[nH]cnc45)c3c2)CC1. The van der Waals surface area contributed by atoms with Gasteiger partial charge in [-0.05, 0) is 36.4 Å². The lowest BCUT2D eigenvalue weighted by molar-refractivity contribution is -0.129. The fourth-order valence-corrected chi connectivity index (χ4v) is 5.27. The Kier molecular flexibility index (Phi) is 5.60. The summed E-state index contributed by atoms with van der Waals surface area (Å²) in [5, 5.41) is 2.27. The molecule has 6 rings (SSSR count). The molecule has 2 aliphatic heterocycles. The Hall–Kier alpha value is -3.88. The molecule has 0 bridgehead atoms. The minimum atomic E-state index is 0.148. The zero-order valence-corrected chi connectivity index (χ0v) is 19.9. The van der Waals surface area contributed by atoms with Gasteiger partial charge in [-0.3, -0.25) is 4.79 Å². The minimum absolute atomic E-state index is 0.148. The van der Waals surface area contributed by atoms with Crippen LogP contribution in [0, 0.1) is 0 Å². The highest BCUT2D eigenvalue weighted by atomic mass is 16.5. The first-order valence-electron chi connectivity index (χ1n) is 12.2. The molecule has 0 saturated carbocycles. The number of ether oxygens (including phenoxy) is 1. The van der Waals surface area contributed by atoms with Crippen molar-refractivity contribution in [3.8, 4) is 5.75 Å². The highest BCUT2D eigenvalue weighted by Gasteiger charge is 2.28. The van der Waals surface area contributed by atoms with Crippen LogP contribution in [0.4, 0.5) is 11.5 Å². The van der Waals surface area contributed by atoms with E-state index < -0.39 is 0 Å². The van der Waals surface area contributed by atoms with Crippen molar-refractivity contribution in [1.82, 2.24) is 24.8 Å². The number of aromatic amines is 1. The van der Waals surface area contributed by atoms with Crippen molar-refractivity contribution in [1.29, 1.82) is 0 Å². The molecule has 180 valence electrons. The summed E-state index contributed by atoms with van der Waals surface area (Å²) in [6.45, 7) is 6.35. The number of nitrogens with zero attached hydrogens (tertiary/aromatic N) is 6. The molecular formula is C26H29N7O2.